The van der Waals surface area contributed by atoms with Gasteiger partial charge in [-0.05, 0) is 31.6 Å². The number of nitrogen functional groups attached to an aromatic ring is 1. The Labute approximate surface area is 108 Å². The van der Waals surface area contributed by atoms with Crippen LogP contribution in [-0.4, -0.2) is 35.2 Å². The Morgan fingerprint density at radius 3 is 2.44 bits per heavy atom. The van der Waals surface area contributed by atoms with Gasteiger partial charge in [0.25, 0.3) is 0 Å². The van der Waals surface area contributed by atoms with Gasteiger partial charge in [0.05, 0.1) is 7.11 Å². The van der Waals surface area contributed by atoms with Crippen LogP contribution in [0.5, 0.6) is 6.01 Å². The molecule has 1 heterocycles. The van der Waals surface area contributed by atoms with Crippen LogP contribution in [0.2, 0.25) is 0 Å². The molecule has 1 saturated carbocycles. The van der Waals surface area contributed by atoms with Gasteiger partial charge in [-0.15, -0.1) is 0 Å². The number of aromatic nitrogens is 3. The van der Waals surface area contributed by atoms with E-state index in [0.29, 0.717) is 12.0 Å². The monoisotopic (exact) mass is 251 g/mol. The van der Waals surface area contributed by atoms with Gasteiger partial charge in [-0.25, -0.2) is 0 Å². The largest absolute Gasteiger partial charge is 0.467 e. The van der Waals surface area contributed by atoms with E-state index in [-0.39, 0.29) is 12.0 Å². The van der Waals surface area contributed by atoms with Crippen LogP contribution < -0.4 is 15.4 Å². The van der Waals surface area contributed by atoms with Gasteiger partial charge < -0.3 is 15.4 Å². The van der Waals surface area contributed by atoms with Crippen molar-refractivity contribution in [2.75, 3.05) is 24.8 Å². The third-order valence-electron chi connectivity index (χ3n) is 3.65. The number of ether oxygens (including phenoxy) is 1. The molecule has 2 rings (SSSR count). The summed E-state index contributed by atoms with van der Waals surface area (Å²) in [4.78, 5) is 14.4. The summed E-state index contributed by atoms with van der Waals surface area (Å²) in [5, 5.41) is 0. The van der Waals surface area contributed by atoms with Crippen molar-refractivity contribution in [2.24, 2.45) is 5.92 Å². The average Bonchev–Trinajstić information content (AvgIpc) is 2.38. The van der Waals surface area contributed by atoms with E-state index in [1.165, 1.54) is 32.8 Å². The molecule has 0 bridgehead atoms. The minimum absolute atomic E-state index is 0.202. The lowest BCUT2D eigenvalue weighted by atomic mass is 9.87. The molecule has 0 aliphatic heterocycles. The highest BCUT2D eigenvalue weighted by Gasteiger charge is 2.24. The number of methoxy groups -OCH3 is 1. The van der Waals surface area contributed by atoms with Crippen LogP contribution in [0.1, 0.15) is 32.6 Å². The zero-order valence-corrected chi connectivity index (χ0v) is 11.3. The third kappa shape index (κ3) is 2.80. The average molecular weight is 251 g/mol. The summed E-state index contributed by atoms with van der Waals surface area (Å²) >= 11 is 0. The molecule has 0 atom stereocenters. The van der Waals surface area contributed by atoms with Gasteiger partial charge in [0, 0.05) is 13.1 Å². The molecule has 6 heteroatoms. The van der Waals surface area contributed by atoms with Crippen LogP contribution in [0.25, 0.3) is 0 Å². The Bertz CT molecular complexity index is 403. The summed E-state index contributed by atoms with van der Waals surface area (Å²) in [6.45, 7) is 2.31. The second kappa shape index (κ2) is 5.37. The van der Waals surface area contributed by atoms with Crippen molar-refractivity contribution in [3.63, 3.8) is 0 Å². The second-order valence-electron chi connectivity index (χ2n) is 5.00. The van der Waals surface area contributed by atoms with E-state index in [2.05, 4.69) is 26.8 Å². The molecular weight excluding hydrogens is 230 g/mol. The van der Waals surface area contributed by atoms with E-state index in [0.717, 1.165) is 5.92 Å². The molecule has 1 aromatic rings. The summed E-state index contributed by atoms with van der Waals surface area (Å²) in [5.41, 5.74) is 5.66. The lowest BCUT2D eigenvalue weighted by molar-refractivity contribution is 0.337. The lowest BCUT2D eigenvalue weighted by Crippen LogP contribution is -2.36. The fourth-order valence-corrected chi connectivity index (χ4v) is 2.40. The molecule has 18 heavy (non-hydrogen) atoms. The van der Waals surface area contributed by atoms with Gasteiger partial charge in [-0.1, -0.05) is 6.92 Å². The highest BCUT2D eigenvalue weighted by atomic mass is 16.5. The number of hydrogen-bond acceptors (Lipinski definition) is 6. The summed E-state index contributed by atoms with van der Waals surface area (Å²) in [6.07, 6.45) is 4.86. The quantitative estimate of drug-likeness (QED) is 0.876. The Morgan fingerprint density at radius 1 is 1.17 bits per heavy atom. The number of anilines is 2. The van der Waals surface area contributed by atoms with E-state index in [1.54, 1.807) is 0 Å². The minimum atomic E-state index is 0.202. The first-order valence-electron chi connectivity index (χ1n) is 6.38. The molecule has 0 spiro atoms. The van der Waals surface area contributed by atoms with Crippen LogP contribution in [0, 0.1) is 5.92 Å². The standard InChI is InChI=1S/C12H21N5O/c1-8-4-6-9(7-5-8)17(2)11-14-10(13)15-12(16-11)18-3/h8-9H,4-7H2,1-3H3,(H2,13,14,15,16). The first-order chi connectivity index (χ1) is 8.60. The summed E-state index contributed by atoms with van der Waals surface area (Å²) in [7, 11) is 3.54. The molecule has 0 radical (unpaired) electrons. The van der Waals surface area contributed by atoms with Crippen LogP contribution >= 0.6 is 0 Å². The summed E-state index contributed by atoms with van der Waals surface area (Å²) in [5.74, 6) is 1.62. The zero-order chi connectivity index (χ0) is 13.1. The molecule has 0 aromatic carbocycles. The van der Waals surface area contributed by atoms with Gasteiger partial charge in [-0.3, -0.25) is 0 Å². The maximum absolute atomic E-state index is 5.66. The van der Waals surface area contributed by atoms with E-state index >= 15 is 0 Å². The van der Waals surface area contributed by atoms with Gasteiger partial charge >= 0.3 is 6.01 Å². The molecule has 0 unspecified atom stereocenters. The normalized spacial score (nSPS) is 23.7. The Balaban J connectivity index is 2.12. The van der Waals surface area contributed by atoms with Crippen molar-refractivity contribution in [2.45, 2.75) is 38.6 Å². The molecule has 0 saturated heterocycles. The summed E-state index contributed by atoms with van der Waals surface area (Å²) in [6, 6.07) is 0.751. The minimum Gasteiger partial charge on any atom is -0.467 e. The first-order valence-corrected chi connectivity index (χ1v) is 6.38. The maximum Gasteiger partial charge on any atom is 0.322 e. The SMILES string of the molecule is COc1nc(N)nc(N(C)C2CCC(C)CC2)n1. The molecule has 0 amide bonds. The Hall–Kier alpha value is -1.59. The predicted molar refractivity (Wildman–Crippen MR) is 70.6 cm³/mol. The van der Waals surface area contributed by atoms with Gasteiger partial charge in [0.1, 0.15) is 0 Å². The first kappa shape index (κ1) is 12.9. The molecule has 1 aliphatic rings. The Morgan fingerprint density at radius 2 is 1.83 bits per heavy atom. The molecule has 1 fully saturated rings. The van der Waals surface area contributed by atoms with Gasteiger partial charge in [-0.2, -0.15) is 15.0 Å². The highest BCUT2D eigenvalue weighted by Crippen LogP contribution is 2.28. The number of nitrogens with two attached hydrogens (primary N) is 1. The molecular formula is C12H21N5O. The molecule has 2 N–H and O–H groups in total. The van der Waals surface area contributed by atoms with Crippen LogP contribution in [0.3, 0.4) is 0 Å². The molecule has 1 aromatic heterocycles. The maximum atomic E-state index is 5.66. The van der Waals surface area contributed by atoms with Crippen molar-refractivity contribution >= 4 is 11.9 Å². The van der Waals surface area contributed by atoms with Gasteiger partial charge in [0.2, 0.25) is 11.9 Å². The van der Waals surface area contributed by atoms with E-state index < -0.39 is 0 Å². The molecule has 1 aliphatic carbocycles. The molecule has 6 nitrogen and oxygen atoms in total. The van der Waals surface area contributed by atoms with Crippen molar-refractivity contribution in [1.29, 1.82) is 0 Å². The predicted octanol–water partition coefficient (Wildman–Crippen LogP) is 1.48. The van der Waals surface area contributed by atoms with E-state index in [1.807, 2.05) is 7.05 Å². The number of hydrogen-bond donors (Lipinski definition) is 1. The van der Waals surface area contributed by atoms with Crippen molar-refractivity contribution in [1.82, 2.24) is 15.0 Å². The number of rotatable bonds is 3. The third-order valence-corrected chi connectivity index (χ3v) is 3.65. The topological polar surface area (TPSA) is 77.2 Å². The summed E-state index contributed by atoms with van der Waals surface area (Å²) < 4.78 is 5.02. The Kier molecular flexibility index (Phi) is 3.84. The second-order valence-corrected chi connectivity index (χ2v) is 5.00. The van der Waals surface area contributed by atoms with Crippen LogP contribution in [0.15, 0.2) is 0 Å². The van der Waals surface area contributed by atoms with Crippen molar-refractivity contribution in [3.05, 3.63) is 0 Å². The van der Waals surface area contributed by atoms with Gasteiger partial charge in [0.15, 0.2) is 0 Å². The van der Waals surface area contributed by atoms with Crippen LogP contribution in [-0.2, 0) is 0 Å². The fraction of sp³-hybridized carbons (Fsp3) is 0.750. The van der Waals surface area contributed by atoms with E-state index in [9.17, 15) is 0 Å². The van der Waals surface area contributed by atoms with Crippen molar-refractivity contribution in [3.8, 4) is 6.01 Å². The number of nitrogens with zero attached hydrogens (tertiary/aromatic N) is 4. The zero-order valence-electron chi connectivity index (χ0n) is 11.3. The smallest absolute Gasteiger partial charge is 0.322 e. The molecule has 100 valence electrons. The highest BCUT2D eigenvalue weighted by molar-refractivity contribution is 5.36. The van der Waals surface area contributed by atoms with E-state index in [4.69, 9.17) is 10.5 Å². The van der Waals surface area contributed by atoms with Crippen LogP contribution in [0.4, 0.5) is 11.9 Å². The lowest BCUT2D eigenvalue weighted by Gasteiger charge is -2.33. The van der Waals surface area contributed by atoms with Crippen molar-refractivity contribution < 1.29 is 4.74 Å². The fourth-order valence-electron chi connectivity index (χ4n) is 2.40.